The van der Waals surface area contributed by atoms with E-state index < -0.39 is 28.7 Å². The molecule has 176 valence electrons. The lowest BCUT2D eigenvalue weighted by Crippen LogP contribution is -2.49. The van der Waals surface area contributed by atoms with Gasteiger partial charge in [-0.25, -0.2) is 0 Å². The SMILES string of the molecule is COc1cccc2c1C(=O)c1c(O)c3c(c(O)c1C2=O)C[C@@](O)(C(=O)CN1CC=CCC1)CC3. The van der Waals surface area contributed by atoms with E-state index in [1.54, 1.807) is 12.1 Å². The zero-order chi connectivity index (χ0) is 24.2. The van der Waals surface area contributed by atoms with Gasteiger partial charge in [-0.3, -0.25) is 19.3 Å². The van der Waals surface area contributed by atoms with Crippen molar-refractivity contribution < 1.29 is 34.4 Å². The predicted octanol–water partition coefficient (Wildman–Crippen LogP) is 1.93. The number of phenols is 2. The largest absolute Gasteiger partial charge is 0.507 e. The fraction of sp³-hybridized carbons (Fsp3) is 0.346. The molecule has 5 rings (SSSR count). The zero-order valence-corrected chi connectivity index (χ0v) is 18.8. The van der Waals surface area contributed by atoms with Crippen molar-refractivity contribution in [2.45, 2.75) is 31.3 Å². The molecule has 3 N–H and O–H groups in total. The Morgan fingerprint density at radius 1 is 1.06 bits per heavy atom. The second kappa shape index (κ2) is 8.07. The maximum absolute atomic E-state index is 13.3. The van der Waals surface area contributed by atoms with Crippen LogP contribution in [0, 0.1) is 0 Å². The first-order chi connectivity index (χ1) is 16.3. The van der Waals surface area contributed by atoms with Crippen LogP contribution in [0.15, 0.2) is 30.4 Å². The van der Waals surface area contributed by atoms with Gasteiger partial charge in [-0.15, -0.1) is 0 Å². The fourth-order valence-electron chi connectivity index (χ4n) is 5.24. The van der Waals surface area contributed by atoms with E-state index in [2.05, 4.69) is 0 Å². The van der Waals surface area contributed by atoms with Crippen LogP contribution in [0.2, 0.25) is 0 Å². The first kappa shape index (κ1) is 22.3. The highest BCUT2D eigenvalue weighted by molar-refractivity contribution is 6.31. The van der Waals surface area contributed by atoms with E-state index in [0.29, 0.717) is 13.1 Å². The molecule has 0 spiro atoms. The first-order valence-electron chi connectivity index (χ1n) is 11.3. The van der Waals surface area contributed by atoms with Crippen molar-refractivity contribution in [3.05, 3.63) is 63.7 Å². The number of carbonyl (C=O) groups excluding carboxylic acids is 3. The van der Waals surface area contributed by atoms with Crippen molar-refractivity contribution >= 4 is 17.3 Å². The van der Waals surface area contributed by atoms with Crippen LogP contribution in [-0.4, -0.2) is 69.9 Å². The standard InChI is InChI=1S/C26H25NO7/c1-34-17-7-5-6-15-19(17)25(32)21-20(23(15)30)24(31)16-12-26(33,9-8-14(16)22(21)29)18(28)13-27-10-3-2-4-11-27/h2-3,5-7,29,31,33H,4,8-13H2,1H3/t26-/m1/s1. The number of fused-ring (bicyclic) bond motifs is 3. The van der Waals surface area contributed by atoms with Gasteiger partial charge in [-0.05, 0) is 25.3 Å². The van der Waals surface area contributed by atoms with Crippen molar-refractivity contribution in [3.8, 4) is 17.2 Å². The van der Waals surface area contributed by atoms with Crippen LogP contribution in [0.1, 0.15) is 55.8 Å². The summed E-state index contributed by atoms with van der Waals surface area (Å²) in [6.45, 7) is 1.41. The van der Waals surface area contributed by atoms with E-state index in [1.165, 1.54) is 13.2 Å². The molecule has 0 saturated carbocycles. The molecule has 0 unspecified atom stereocenters. The Kier molecular flexibility index (Phi) is 5.30. The average Bonchev–Trinajstić information content (AvgIpc) is 2.84. The summed E-state index contributed by atoms with van der Waals surface area (Å²) in [6, 6.07) is 4.58. The molecule has 1 heterocycles. The number of hydrogen-bond acceptors (Lipinski definition) is 8. The maximum atomic E-state index is 13.3. The Morgan fingerprint density at radius 2 is 1.79 bits per heavy atom. The number of methoxy groups -OCH3 is 1. The molecule has 2 aromatic carbocycles. The Morgan fingerprint density at radius 3 is 2.50 bits per heavy atom. The van der Waals surface area contributed by atoms with Crippen molar-refractivity contribution in [3.63, 3.8) is 0 Å². The van der Waals surface area contributed by atoms with Gasteiger partial charge in [0.1, 0.15) is 22.8 Å². The molecule has 2 aliphatic carbocycles. The zero-order valence-electron chi connectivity index (χ0n) is 18.8. The summed E-state index contributed by atoms with van der Waals surface area (Å²) in [5.74, 6) is -2.28. The van der Waals surface area contributed by atoms with Crippen molar-refractivity contribution in [1.82, 2.24) is 4.90 Å². The Labute approximate surface area is 196 Å². The summed E-state index contributed by atoms with van der Waals surface area (Å²) in [5.41, 5.74) is -1.81. The van der Waals surface area contributed by atoms with Gasteiger partial charge in [0.15, 0.2) is 11.6 Å². The number of benzene rings is 2. The van der Waals surface area contributed by atoms with E-state index in [-0.39, 0.29) is 70.7 Å². The van der Waals surface area contributed by atoms with Gasteiger partial charge < -0.3 is 20.1 Å². The number of carbonyl (C=O) groups is 3. The minimum absolute atomic E-state index is 0.0372. The Bertz CT molecular complexity index is 1280. The molecular formula is C26H25NO7. The molecule has 1 atom stereocenters. The van der Waals surface area contributed by atoms with Crippen LogP contribution in [-0.2, 0) is 17.6 Å². The second-order valence-corrected chi connectivity index (χ2v) is 9.07. The smallest absolute Gasteiger partial charge is 0.202 e. The molecule has 2 aromatic rings. The van der Waals surface area contributed by atoms with Gasteiger partial charge in [0.2, 0.25) is 5.78 Å². The van der Waals surface area contributed by atoms with Gasteiger partial charge in [-0.1, -0.05) is 24.3 Å². The van der Waals surface area contributed by atoms with E-state index >= 15 is 0 Å². The Balaban J connectivity index is 1.56. The van der Waals surface area contributed by atoms with Crippen LogP contribution in [0.3, 0.4) is 0 Å². The number of Topliss-reactive ketones (excluding diaryl/α,β-unsaturated/α-hetero) is 1. The van der Waals surface area contributed by atoms with Gasteiger partial charge in [0.05, 0.1) is 30.3 Å². The van der Waals surface area contributed by atoms with Gasteiger partial charge in [0.25, 0.3) is 0 Å². The van der Waals surface area contributed by atoms with E-state index in [0.717, 1.165) is 6.42 Å². The summed E-state index contributed by atoms with van der Waals surface area (Å²) in [7, 11) is 1.38. The van der Waals surface area contributed by atoms with Crippen molar-refractivity contribution in [1.29, 1.82) is 0 Å². The lowest BCUT2D eigenvalue weighted by atomic mass is 9.73. The molecule has 8 nitrogen and oxygen atoms in total. The highest BCUT2D eigenvalue weighted by Crippen LogP contribution is 2.48. The third kappa shape index (κ3) is 3.25. The highest BCUT2D eigenvalue weighted by atomic mass is 16.5. The molecule has 0 amide bonds. The van der Waals surface area contributed by atoms with E-state index in [4.69, 9.17) is 4.74 Å². The Hall–Kier alpha value is -3.49. The maximum Gasteiger partial charge on any atom is 0.202 e. The summed E-state index contributed by atoms with van der Waals surface area (Å²) in [6.07, 6.45) is 4.72. The topological polar surface area (TPSA) is 124 Å². The molecule has 34 heavy (non-hydrogen) atoms. The van der Waals surface area contributed by atoms with Gasteiger partial charge >= 0.3 is 0 Å². The number of hydrogen-bond donors (Lipinski definition) is 3. The van der Waals surface area contributed by atoms with Crippen molar-refractivity contribution in [2.75, 3.05) is 26.7 Å². The predicted molar refractivity (Wildman–Crippen MR) is 122 cm³/mol. The second-order valence-electron chi connectivity index (χ2n) is 9.07. The summed E-state index contributed by atoms with van der Waals surface area (Å²) >= 11 is 0. The number of nitrogens with zero attached hydrogens (tertiary/aromatic N) is 1. The lowest BCUT2D eigenvalue weighted by Gasteiger charge is -2.36. The minimum Gasteiger partial charge on any atom is -0.507 e. The number of aromatic hydroxyl groups is 2. The van der Waals surface area contributed by atoms with Crippen LogP contribution in [0.4, 0.5) is 0 Å². The number of phenolic OH excluding ortho intramolecular Hbond substituents is 2. The molecular weight excluding hydrogens is 438 g/mol. The van der Waals surface area contributed by atoms with Gasteiger partial charge in [-0.2, -0.15) is 0 Å². The van der Waals surface area contributed by atoms with E-state index in [9.17, 15) is 29.7 Å². The summed E-state index contributed by atoms with van der Waals surface area (Å²) in [4.78, 5) is 41.6. The number of ether oxygens (including phenoxy) is 1. The summed E-state index contributed by atoms with van der Waals surface area (Å²) in [5, 5.41) is 33.4. The van der Waals surface area contributed by atoms with Crippen LogP contribution in [0.5, 0.6) is 17.2 Å². The number of aliphatic hydroxyl groups is 1. The molecule has 1 aliphatic heterocycles. The molecule has 8 heteroatoms. The fourth-order valence-corrected chi connectivity index (χ4v) is 5.24. The molecule has 0 fully saturated rings. The quantitative estimate of drug-likeness (QED) is 0.396. The third-order valence-corrected chi connectivity index (χ3v) is 7.12. The number of ketones is 3. The summed E-state index contributed by atoms with van der Waals surface area (Å²) < 4.78 is 5.25. The molecule has 0 radical (unpaired) electrons. The molecule has 0 saturated heterocycles. The average molecular weight is 463 g/mol. The molecule has 3 aliphatic rings. The van der Waals surface area contributed by atoms with Crippen LogP contribution >= 0.6 is 0 Å². The molecule has 0 bridgehead atoms. The first-order valence-corrected chi connectivity index (χ1v) is 11.3. The van der Waals surface area contributed by atoms with E-state index in [1.807, 2.05) is 17.1 Å². The van der Waals surface area contributed by atoms with Crippen molar-refractivity contribution in [2.24, 2.45) is 0 Å². The normalized spacial score (nSPS) is 21.6. The van der Waals surface area contributed by atoms with Gasteiger partial charge in [0, 0.05) is 36.2 Å². The number of rotatable bonds is 4. The van der Waals surface area contributed by atoms with Crippen LogP contribution in [0.25, 0.3) is 0 Å². The monoisotopic (exact) mass is 463 g/mol. The van der Waals surface area contributed by atoms with Crippen LogP contribution < -0.4 is 4.74 Å². The lowest BCUT2D eigenvalue weighted by molar-refractivity contribution is -0.139. The third-order valence-electron chi connectivity index (χ3n) is 7.12. The molecule has 0 aromatic heterocycles. The minimum atomic E-state index is -1.74. The highest BCUT2D eigenvalue weighted by Gasteiger charge is 2.45.